The van der Waals surface area contributed by atoms with Gasteiger partial charge in [0.1, 0.15) is 0 Å². The molecular formula is C24H29N5O2S. The summed E-state index contributed by atoms with van der Waals surface area (Å²) in [7, 11) is 0. The van der Waals surface area contributed by atoms with Gasteiger partial charge in [-0.05, 0) is 23.6 Å². The number of hydrogen-bond donors (Lipinski definition) is 1. The Morgan fingerprint density at radius 2 is 1.69 bits per heavy atom. The standard InChI is InChI=1S/C24H29N5O2S/c1-18(2)22(19-9-5-3-6-10-19)25-21(30)17-32-24-27-26-23(28-13-15-31-16-14-28)29(24)20-11-7-4-8-12-20/h3-12,18,22H,13-17H2,1-2H3,(H,25,30). The van der Waals surface area contributed by atoms with Gasteiger partial charge in [0.05, 0.1) is 30.7 Å². The third kappa shape index (κ3) is 5.31. The quantitative estimate of drug-likeness (QED) is 0.527. The predicted octanol–water partition coefficient (Wildman–Crippen LogP) is 3.71. The van der Waals surface area contributed by atoms with Crippen LogP contribution in [0.25, 0.3) is 5.69 Å². The van der Waals surface area contributed by atoms with Crippen molar-refractivity contribution in [3.8, 4) is 5.69 Å². The number of para-hydroxylation sites is 1. The first-order valence-electron chi connectivity index (χ1n) is 10.9. The molecule has 1 aliphatic heterocycles. The molecule has 1 N–H and O–H groups in total. The number of carbonyl (C=O) groups is 1. The van der Waals surface area contributed by atoms with Crippen LogP contribution in [0, 0.1) is 5.92 Å². The van der Waals surface area contributed by atoms with E-state index in [1.54, 1.807) is 0 Å². The van der Waals surface area contributed by atoms with Crippen LogP contribution in [0.1, 0.15) is 25.5 Å². The maximum absolute atomic E-state index is 12.8. The second kappa shape index (κ2) is 10.7. The highest BCUT2D eigenvalue weighted by molar-refractivity contribution is 7.99. The second-order valence-corrected chi connectivity index (χ2v) is 8.98. The SMILES string of the molecule is CC(C)C(NC(=O)CSc1nnc(N2CCOCC2)n1-c1ccccc1)c1ccccc1. The van der Waals surface area contributed by atoms with E-state index >= 15 is 0 Å². The van der Waals surface area contributed by atoms with Crippen molar-refractivity contribution >= 4 is 23.6 Å². The Morgan fingerprint density at radius 1 is 1.03 bits per heavy atom. The van der Waals surface area contributed by atoms with Gasteiger partial charge in [-0.1, -0.05) is 74.1 Å². The number of anilines is 1. The van der Waals surface area contributed by atoms with Gasteiger partial charge in [0.15, 0.2) is 5.16 Å². The van der Waals surface area contributed by atoms with Crippen LogP contribution < -0.4 is 10.2 Å². The predicted molar refractivity (Wildman–Crippen MR) is 127 cm³/mol. The molecular weight excluding hydrogens is 422 g/mol. The Balaban J connectivity index is 1.50. The number of hydrogen-bond acceptors (Lipinski definition) is 6. The molecule has 32 heavy (non-hydrogen) atoms. The Kier molecular flexibility index (Phi) is 7.44. The van der Waals surface area contributed by atoms with E-state index in [0.717, 1.165) is 30.3 Å². The molecule has 1 unspecified atom stereocenters. The van der Waals surface area contributed by atoms with Crippen molar-refractivity contribution in [1.29, 1.82) is 0 Å². The molecule has 0 saturated carbocycles. The number of amides is 1. The average molecular weight is 452 g/mol. The van der Waals surface area contributed by atoms with Crippen molar-refractivity contribution in [2.45, 2.75) is 25.0 Å². The number of ether oxygens (including phenoxy) is 1. The largest absolute Gasteiger partial charge is 0.378 e. The maximum atomic E-state index is 12.8. The molecule has 0 radical (unpaired) electrons. The lowest BCUT2D eigenvalue weighted by Gasteiger charge is -2.28. The highest BCUT2D eigenvalue weighted by Crippen LogP contribution is 2.28. The smallest absolute Gasteiger partial charge is 0.232 e. The topological polar surface area (TPSA) is 72.3 Å². The minimum atomic E-state index is -0.0276. The van der Waals surface area contributed by atoms with Gasteiger partial charge in [0.2, 0.25) is 11.9 Å². The van der Waals surface area contributed by atoms with Crippen LogP contribution in [0.2, 0.25) is 0 Å². The van der Waals surface area contributed by atoms with Gasteiger partial charge in [0.25, 0.3) is 0 Å². The molecule has 3 aromatic rings. The summed E-state index contributed by atoms with van der Waals surface area (Å²) in [6.45, 7) is 7.11. The molecule has 1 atom stereocenters. The Morgan fingerprint density at radius 3 is 2.34 bits per heavy atom. The molecule has 1 amide bonds. The third-order valence-electron chi connectivity index (χ3n) is 5.40. The fourth-order valence-corrected chi connectivity index (χ4v) is 4.53. The lowest BCUT2D eigenvalue weighted by atomic mass is 9.96. The fourth-order valence-electron chi connectivity index (χ4n) is 3.77. The van der Waals surface area contributed by atoms with E-state index < -0.39 is 0 Å². The van der Waals surface area contributed by atoms with E-state index in [1.165, 1.54) is 11.8 Å². The molecule has 1 fully saturated rings. The van der Waals surface area contributed by atoms with E-state index in [2.05, 4.69) is 46.4 Å². The summed E-state index contributed by atoms with van der Waals surface area (Å²) in [5.74, 6) is 1.32. The molecule has 1 aliphatic rings. The van der Waals surface area contributed by atoms with Crippen molar-refractivity contribution < 1.29 is 9.53 Å². The van der Waals surface area contributed by atoms with Crippen LogP contribution in [-0.2, 0) is 9.53 Å². The summed E-state index contributed by atoms with van der Waals surface area (Å²) < 4.78 is 7.52. The van der Waals surface area contributed by atoms with Crippen LogP contribution in [0.5, 0.6) is 0 Å². The number of morpholine rings is 1. The molecule has 0 aliphatic carbocycles. The van der Waals surface area contributed by atoms with Gasteiger partial charge in [-0.25, -0.2) is 0 Å². The minimum Gasteiger partial charge on any atom is -0.378 e. The highest BCUT2D eigenvalue weighted by atomic mass is 32.2. The summed E-state index contributed by atoms with van der Waals surface area (Å²) in [4.78, 5) is 15.0. The first kappa shape index (κ1) is 22.4. The van der Waals surface area contributed by atoms with Gasteiger partial charge in [-0.2, -0.15) is 0 Å². The molecule has 1 aromatic heterocycles. The molecule has 0 bridgehead atoms. The zero-order chi connectivity index (χ0) is 22.3. The zero-order valence-electron chi connectivity index (χ0n) is 18.5. The van der Waals surface area contributed by atoms with E-state index in [-0.39, 0.29) is 23.6 Å². The van der Waals surface area contributed by atoms with Crippen LogP contribution >= 0.6 is 11.8 Å². The van der Waals surface area contributed by atoms with Gasteiger partial charge >= 0.3 is 0 Å². The molecule has 2 aromatic carbocycles. The van der Waals surface area contributed by atoms with E-state index in [0.29, 0.717) is 18.4 Å². The van der Waals surface area contributed by atoms with Crippen LogP contribution in [0.15, 0.2) is 65.8 Å². The van der Waals surface area contributed by atoms with E-state index in [9.17, 15) is 4.79 Å². The van der Waals surface area contributed by atoms with E-state index in [4.69, 9.17) is 4.74 Å². The van der Waals surface area contributed by atoms with Crippen LogP contribution in [0.3, 0.4) is 0 Å². The van der Waals surface area contributed by atoms with E-state index in [1.807, 2.05) is 53.1 Å². The van der Waals surface area contributed by atoms with Crippen molar-refractivity contribution in [1.82, 2.24) is 20.1 Å². The molecule has 1 saturated heterocycles. The molecule has 168 valence electrons. The van der Waals surface area contributed by atoms with Gasteiger partial charge < -0.3 is 15.0 Å². The lowest BCUT2D eigenvalue weighted by Crippen LogP contribution is -2.37. The number of nitrogens with zero attached hydrogens (tertiary/aromatic N) is 4. The Bertz CT molecular complexity index is 1000. The summed E-state index contributed by atoms with van der Waals surface area (Å²) in [6, 6.07) is 20.1. The number of aromatic nitrogens is 3. The lowest BCUT2D eigenvalue weighted by molar-refractivity contribution is -0.119. The first-order valence-corrected chi connectivity index (χ1v) is 11.9. The molecule has 7 nitrogen and oxygen atoms in total. The molecule has 4 rings (SSSR count). The van der Waals surface area contributed by atoms with Crippen molar-refractivity contribution in [2.24, 2.45) is 5.92 Å². The van der Waals surface area contributed by atoms with Crippen molar-refractivity contribution in [3.63, 3.8) is 0 Å². The van der Waals surface area contributed by atoms with Crippen molar-refractivity contribution in [2.75, 3.05) is 37.0 Å². The summed E-state index contributed by atoms with van der Waals surface area (Å²) >= 11 is 1.40. The normalized spacial score (nSPS) is 15.0. The number of carbonyl (C=O) groups excluding carboxylic acids is 1. The van der Waals surface area contributed by atoms with Crippen LogP contribution in [0.4, 0.5) is 5.95 Å². The molecule has 0 spiro atoms. The fraction of sp³-hybridized carbons (Fsp3) is 0.375. The Hall–Kier alpha value is -2.84. The number of benzene rings is 2. The van der Waals surface area contributed by atoms with Crippen LogP contribution in [-0.4, -0.2) is 52.7 Å². The highest BCUT2D eigenvalue weighted by Gasteiger charge is 2.23. The van der Waals surface area contributed by atoms with Gasteiger partial charge in [0, 0.05) is 13.1 Å². The first-order chi connectivity index (χ1) is 15.6. The number of rotatable bonds is 8. The molecule has 8 heteroatoms. The summed E-state index contributed by atoms with van der Waals surface area (Å²) in [6.07, 6.45) is 0. The number of thioether (sulfide) groups is 1. The Labute approximate surface area is 193 Å². The molecule has 2 heterocycles. The van der Waals surface area contributed by atoms with Gasteiger partial charge in [-0.3, -0.25) is 9.36 Å². The monoisotopic (exact) mass is 451 g/mol. The third-order valence-corrected chi connectivity index (χ3v) is 6.33. The maximum Gasteiger partial charge on any atom is 0.232 e. The van der Waals surface area contributed by atoms with Crippen molar-refractivity contribution in [3.05, 3.63) is 66.2 Å². The number of nitrogens with one attached hydrogen (secondary N) is 1. The minimum absolute atomic E-state index is 0.0203. The second-order valence-electron chi connectivity index (χ2n) is 8.04. The summed E-state index contributed by atoms with van der Waals surface area (Å²) in [5.41, 5.74) is 2.09. The van der Waals surface area contributed by atoms with Gasteiger partial charge in [-0.15, -0.1) is 10.2 Å². The zero-order valence-corrected chi connectivity index (χ0v) is 19.3. The average Bonchev–Trinajstić information content (AvgIpc) is 3.27. The summed E-state index contributed by atoms with van der Waals surface area (Å²) in [5, 5.41) is 12.8.